The number of carboxylic acids is 1. The molecular formula is C23H18N2O5. The molecule has 2 heterocycles. The Morgan fingerprint density at radius 3 is 2.23 bits per heavy atom. The number of aromatic carboxylic acids is 1. The highest BCUT2D eigenvalue weighted by Crippen LogP contribution is 2.73. The van der Waals surface area contributed by atoms with Crippen LogP contribution in [0.25, 0.3) is 11.3 Å². The van der Waals surface area contributed by atoms with E-state index in [1.807, 2.05) is 0 Å². The van der Waals surface area contributed by atoms with E-state index in [1.165, 1.54) is 18.3 Å². The molecule has 1 aromatic heterocycles. The van der Waals surface area contributed by atoms with Crippen molar-refractivity contribution in [2.45, 2.75) is 12.8 Å². The van der Waals surface area contributed by atoms with Gasteiger partial charge in [0.1, 0.15) is 11.5 Å². The quantitative estimate of drug-likeness (QED) is 0.481. The summed E-state index contributed by atoms with van der Waals surface area (Å²) in [6.07, 6.45) is 7.86. The van der Waals surface area contributed by atoms with E-state index in [9.17, 15) is 14.4 Å². The maximum absolute atomic E-state index is 12.9. The predicted octanol–water partition coefficient (Wildman–Crippen LogP) is 3.18. The molecule has 2 bridgehead atoms. The van der Waals surface area contributed by atoms with Gasteiger partial charge in [-0.25, -0.2) is 4.79 Å². The molecule has 1 aromatic carbocycles. The van der Waals surface area contributed by atoms with Crippen LogP contribution in [-0.4, -0.2) is 34.1 Å². The predicted molar refractivity (Wildman–Crippen MR) is 105 cm³/mol. The number of hydrogen-bond donors (Lipinski definition) is 1. The van der Waals surface area contributed by atoms with Crippen LogP contribution < -0.4 is 0 Å². The molecule has 2 amide bonds. The average molecular weight is 402 g/mol. The number of carbonyl (C=O) groups is 3. The van der Waals surface area contributed by atoms with Crippen LogP contribution >= 0.6 is 0 Å². The molecule has 1 spiro atoms. The molecule has 6 rings (SSSR count). The SMILES string of the molecule is O=C(O)c1ccc(-c2ccc(/C=N\N3C(=O)[C@@H]4[C@H](C3=O)[C@H]3C=C[C@@H]4C34CC4)o2)cc1. The molecule has 7 heteroatoms. The van der Waals surface area contributed by atoms with Crippen molar-refractivity contribution in [2.75, 3.05) is 0 Å². The second-order valence-electron chi connectivity index (χ2n) is 8.54. The molecule has 1 saturated heterocycles. The van der Waals surface area contributed by atoms with Crippen LogP contribution in [0, 0.1) is 29.1 Å². The first-order valence-corrected chi connectivity index (χ1v) is 10.0. The fourth-order valence-electron chi connectivity index (χ4n) is 5.65. The van der Waals surface area contributed by atoms with Crippen LogP contribution in [0.4, 0.5) is 0 Å². The molecule has 0 unspecified atom stereocenters. The lowest BCUT2D eigenvalue weighted by Gasteiger charge is -2.18. The molecule has 1 aliphatic heterocycles. The summed E-state index contributed by atoms with van der Waals surface area (Å²) in [4.78, 5) is 36.8. The number of imide groups is 1. The summed E-state index contributed by atoms with van der Waals surface area (Å²) < 4.78 is 5.73. The van der Waals surface area contributed by atoms with Crippen LogP contribution in [0.5, 0.6) is 0 Å². The van der Waals surface area contributed by atoms with Gasteiger partial charge in [0.2, 0.25) is 0 Å². The standard InChI is InChI=1S/C23H18N2O5/c26-20-18-15-6-7-16(23(15)9-10-23)19(18)21(27)25(20)24-11-14-5-8-17(30-14)12-1-3-13(4-2-12)22(28)29/h1-8,11,15-16,18-19H,9-10H2,(H,28,29)/b24-11-/t15-,16+,18-,19+. The lowest BCUT2D eigenvalue weighted by Crippen LogP contribution is -2.30. The van der Waals surface area contributed by atoms with E-state index in [2.05, 4.69) is 17.3 Å². The summed E-state index contributed by atoms with van der Waals surface area (Å²) in [5.41, 5.74) is 1.09. The van der Waals surface area contributed by atoms with Crippen molar-refractivity contribution in [2.24, 2.45) is 34.2 Å². The minimum Gasteiger partial charge on any atom is -0.478 e. The lowest BCUT2D eigenvalue weighted by molar-refractivity contribution is -0.141. The van der Waals surface area contributed by atoms with Gasteiger partial charge in [-0.05, 0) is 54.4 Å². The van der Waals surface area contributed by atoms with Crippen molar-refractivity contribution in [1.29, 1.82) is 0 Å². The van der Waals surface area contributed by atoms with Crippen LogP contribution in [0.2, 0.25) is 0 Å². The average Bonchev–Trinajstić information content (AvgIpc) is 3.03. The van der Waals surface area contributed by atoms with E-state index < -0.39 is 5.97 Å². The fraction of sp³-hybridized carbons (Fsp3) is 0.304. The van der Waals surface area contributed by atoms with Gasteiger partial charge >= 0.3 is 5.97 Å². The lowest BCUT2D eigenvalue weighted by atomic mass is 9.85. The molecule has 2 saturated carbocycles. The highest BCUT2D eigenvalue weighted by molar-refractivity contribution is 6.07. The molecule has 0 radical (unpaired) electrons. The number of carbonyl (C=O) groups excluding carboxylic acids is 2. The largest absolute Gasteiger partial charge is 0.478 e. The van der Waals surface area contributed by atoms with Crippen molar-refractivity contribution in [1.82, 2.24) is 5.01 Å². The van der Waals surface area contributed by atoms with Crippen molar-refractivity contribution in [3.63, 3.8) is 0 Å². The highest BCUT2D eigenvalue weighted by atomic mass is 16.4. The third-order valence-electron chi connectivity index (χ3n) is 7.17. The number of carboxylic acid groups (broad SMARTS) is 1. The highest BCUT2D eigenvalue weighted by Gasteiger charge is 2.73. The normalized spacial score (nSPS) is 30.1. The van der Waals surface area contributed by atoms with Gasteiger partial charge in [-0.3, -0.25) is 9.59 Å². The Kier molecular flexibility index (Phi) is 3.35. The number of hydrazone groups is 1. The summed E-state index contributed by atoms with van der Waals surface area (Å²) >= 11 is 0. The van der Waals surface area contributed by atoms with Gasteiger partial charge in [0, 0.05) is 5.56 Å². The van der Waals surface area contributed by atoms with Gasteiger partial charge in [0.25, 0.3) is 11.8 Å². The molecule has 3 aliphatic carbocycles. The number of hydrogen-bond acceptors (Lipinski definition) is 5. The van der Waals surface area contributed by atoms with E-state index in [0.29, 0.717) is 11.5 Å². The zero-order valence-corrected chi connectivity index (χ0v) is 15.9. The monoisotopic (exact) mass is 402 g/mol. The number of nitrogens with zero attached hydrogens (tertiary/aromatic N) is 2. The Morgan fingerprint density at radius 2 is 1.67 bits per heavy atom. The summed E-state index contributed by atoms with van der Waals surface area (Å²) in [7, 11) is 0. The molecule has 4 aliphatic rings. The van der Waals surface area contributed by atoms with Gasteiger partial charge in [0.05, 0.1) is 23.6 Å². The zero-order valence-electron chi connectivity index (χ0n) is 15.9. The van der Waals surface area contributed by atoms with Crippen molar-refractivity contribution in [3.05, 3.63) is 59.9 Å². The van der Waals surface area contributed by atoms with Crippen LogP contribution in [0.15, 0.2) is 58.1 Å². The fourth-order valence-corrected chi connectivity index (χ4v) is 5.65. The van der Waals surface area contributed by atoms with Gasteiger partial charge in [-0.15, -0.1) is 0 Å². The topological polar surface area (TPSA) is 100 Å². The van der Waals surface area contributed by atoms with Gasteiger partial charge in [-0.1, -0.05) is 24.3 Å². The second kappa shape index (κ2) is 5.78. The summed E-state index contributed by atoms with van der Waals surface area (Å²) in [5, 5.41) is 14.2. The molecule has 30 heavy (non-hydrogen) atoms. The summed E-state index contributed by atoms with van der Waals surface area (Å²) in [5.74, 6) is -0.650. The molecule has 2 aromatic rings. The first-order chi connectivity index (χ1) is 14.5. The van der Waals surface area contributed by atoms with Crippen LogP contribution in [-0.2, 0) is 9.59 Å². The number of allylic oxidation sites excluding steroid dienone is 2. The number of rotatable bonds is 4. The zero-order chi connectivity index (χ0) is 20.6. The van der Waals surface area contributed by atoms with Crippen molar-refractivity contribution in [3.8, 4) is 11.3 Å². The molecular weight excluding hydrogens is 384 g/mol. The minimum absolute atomic E-state index is 0.169. The number of benzene rings is 1. The Bertz CT molecular complexity index is 1120. The van der Waals surface area contributed by atoms with Gasteiger partial charge < -0.3 is 9.52 Å². The molecule has 4 atom stereocenters. The van der Waals surface area contributed by atoms with E-state index in [4.69, 9.17) is 9.52 Å². The third-order valence-corrected chi connectivity index (χ3v) is 7.17. The molecule has 3 fully saturated rings. The Hall–Kier alpha value is -3.48. The van der Waals surface area contributed by atoms with Crippen molar-refractivity contribution < 1.29 is 23.9 Å². The van der Waals surface area contributed by atoms with Gasteiger partial charge in [-0.2, -0.15) is 10.1 Å². The Labute approximate surface area is 171 Å². The van der Waals surface area contributed by atoms with Crippen LogP contribution in [0.1, 0.15) is 29.0 Å². The maximum atomic E-state index is 12.9. The van der Waals surface area contributed by atoms with Crippen LogP contribution in [0.3, 0.4) is 0 Å². The van der Waals surface area contributed by atoms with E-state index in [0.717, 1.165) is 23.4 Å². The van der Waals surface area contributed by atoms with Gasteiger partial charge in [0.15, 0.2) is 0 Å². The number of fused-ring (bicyclic) bond motifs is 3. The minimum atomic E-state index is -0.991. The first kappa shape index (κ1) is 17.4. The molecule has 150 valence electrons. The summed E-state index contributed by atoms with van der Waals surface area (Å²) in [6, 6.07) is 9.76. The molecule has 1 N–H and O–H groups in total. The summed E-state index contributed by atoms with van der Waals surface area (Å²) in [6.45, 7) is 0. The van der Waals surface area contributed by atoms with Crippen molar-refractivity contribution >= 4 is 24.0 Å². The van der Waals surface area contributed by atoms with E-state index in [-0.39, 0.29) is 46.5 Å². The van der Waals surface area contributed by atoms with E-state index >= 15 is 0 Å². The first-order valence-electron chi connectivity index (χ1n) is 10.0. The smallest absolute Gasteiger partial charge is 0.335 e. The third kappa shape index (κ3) is 2.20. The number of amides is 2. The number of furan rings is 1. The molecule has 7 nitrogen and oxygen atoms in total. The van der Waals surface area contributed by atoms with E-state index in [1.54, 1.807) is 24.3 Å². The second-order valence-corrected chi connectivity index (χ2v) is 8.54. The maximum Gasteiger partial charge on any atom is 0.335 e. The Morgan fingerprint density at radius 1 is 1.03 bits per heavy atom. The Balaban J connectivity index is 1.21.